The van der Waals surface area contributed by atoms with E-state index in [2.05, 4.69) is 5.32 Å². The van der Waals surface area contributed by atoms with E-state index in [4.69, 9.17) is 9.47 Å². The summed E-state index contributed by atoms with van der Waals surface area (Å²) >= 11 is 0. The van der Waals surface area contributed by atoms with Crippen LogP contribution in [0.15, 0.2) is 78.9 Å². The second kappa shape index (κ2) is 9.73. The number of hydrogen-bond donors (Lipinski definition) is 1. The zero-order valence-corrected chi connectivity index (χ0v) is 20.0. The average Bonchev–Trinajstić information content (AvgIpc) is 3.46. The lowest BCUT2D eigenvalue weighted by molar-refractivity contribution is -0.139. The summed E-state index contributed by atoms with van der Waals surface area (Å²) in [6.07, 6.45) is 0.280. The Labute approximate surface area is 209 Å². The number of imide groups is 1. The quantitative estimate of drug-likeness (QED) is 0.494. The molecule has 3 aromatic carbocycles. The third-order valence-electron chi connectivity index (χ3n) is 6.59. The maximum Gasteiger partial charge on any atom is 0.325 e. The first-order chi connectivity index (χ1) is 17.5. The van der Waals surface area contributed by atoms with Gasteiger partial charge in [0.15, 0.2) is 17.0 Å². The number of benzene rings is 3. The lowest BCUT2D eigenvalue weighted by atomic mass is 9.83. The summed E-state index contributed by atoms with van der Waals surface area (Å²) in [4.78, 5) is 42.8. The molecule has 2 heterocycles. The topological polar surface area (TPSA) is 88.2 Å². The van der Waals surface area contributed by atoms with Crippen LogP contribution in [-0.2, 0) is 28.1 Å². The first-order valence-electron chi connectivity index (χ1n) is 11.9. The lowest BCUT2D eigenvalue weighted by Gasteiger charge is -2.28. The van der Waals surface area contributed by atoms with Crippen LogP contribution in [0.2, 0.25) is 0 Å². The molecule has 0 spiro atoms. The molecule has 2 aliphatic heterocycles. The van der Waals surface area contributed by atoms with Crippen LogP contribution in [0.3, 0.4) is 0 Å². The Morgan fingerprint density at radius 2 is 1.64 bits per heavy atom. The minimum absolute atomic E-state index is 0.174. The van der Waals surface area contributed by atoms with E-state index in [9.17, 15) is 14.4 Å². The number of carbonyl (C=O) groups excluding carboxylic acids is 3. The van der Waals surface area contributed by atoms with Crippen molar-refractivity contribution in [1.82, 2.24) is 15.1 Å². The van der Waals surface area contributed by atoms with Crippen LogP contribution < -0.4 is 14.8 Å². The molecule has 0 aromatic heterocycles. The van der Waals surface area contributed by atoms with E-state index < -0.39 is 17.5 Å². The number of carbonyl (C=O) groups is 3. The number of nitrogens with zero attached hydrogens (tertiary/aromatic N) is 2. The van der Waals surface area contributed by atoms with E-state index in [1.165, 1.54) is 0 Å². The van der Waals surface area contributed by atoms with E-state index in [-0.39, 0.29) is 25.7 Å². The van der Waals surface area contributed by atoms with Gasteiger partial charge < -0.3 is 19.7 Å². The van der Waals surface area contributed by atoms with Crippen molar-refractivity contribution < 1.29 is 23.9 Å². The molecule has 0 aliphatic carbocycles. The number of amides is 4. The van der Waals surface area contributed by atoms with Crippen molar-refractivity contribution in [3.8, 4) is 11.5 Å². The van der Waals surface area contributed by atoms with Crippen molar-refractivity contribution in [2.24, 2.45) is 0 Å². The first kappa shape index (κ1) is 23.4. The van der Waals surface area contributed by atoms with Crippen molar-refractivity contribution in [3.63, 3.8) is 0 Å². The Hall–Kier alpha value is -4.33. The summed E-state index contributed by atoms with van der Waals surface area (Å²) in [6.45, 7) is 2.44. The van der Waals surface area contributed by atoms with Crippen LogP contribution in [0.1, 0.15) is 23.6 Å². The zero-order valence-electron chi connectivity index (χ0n) is 20.0. The molecule has 0 bridgehead atoms. The predicted octanol–water partition coefficient (Wildman–Crippen LogP) is 3.45. The van der Waals surface area contributed by atoms with Crippen LogP contribution in [0, 0.1) is 0 Å². The fraction of sp³-hybridized carbons (Fsp3) is 0.250. The molecule has 184 valence electrons. The molecule has 4 amide bonds. The fourth-order valence-electron chi connectivity index (χ4n) is 4.68. The third kappa shape index (κ3) is 4.37. The van der Waals surface area contributed by atoms with E-state index in [0.717, 1.165) is 16.0 Å². The number of likely N-dealkylation sites (N-methyl/N-ethyl adjacent to an activating group) is 1. The van der Waals surface area contributed by atoms with Crippen LogP contribution in [0.5, 0.6) is 11.5 Å². The monoisotopic (exact) mass is 485 g/mol. The van der Waals surface area contributed by atoms with Crippen molar-refractivity contribution in [3.05, 3.63) is 95.6 Å². The SMILES string of the molecule is CCN(Cc1ccc2c(c1)OCO2)C(=O)CN1C(=O)NC(Cc2ccccc2)(c2ccccc2)C1=O. The number of hydrogen-bond acceptors (Lipinski definition) is 5. The summed E-state index contributed by atoms with van der Waals surface area (Å²) in [5, 5.41) is 2.91. The molecule has 1 unspecified atom stereocenters. The number of rotatable bonds is 8. The van der Waals surface area contributed by atoms with Gasteiger partial charge in [-0.1, -0.05) is 66.7 Å². The highest BCUT2D eigenvalue weighted by Gasteiger charge is 2.52. The van der Waals surface area contributed by atoms with Gasteiger partial charge in [-0.15, -0.1) is 0 Å². The molecule has 0 saturated carbocycles. The molecule has 1 fully saturated rings. The van der Waals surface area contributed by atoms with Crippen molar-refractivity contribution in [2.75, 3.05) is 19.9 Å². The van der Waals surface area contributed by atoms with Gasteiger partial charge in [-0.05, 0) is 35.7 Å². The normalized spacial score (nSPS) is 18.3. The van der Waals surface area contributed by atoms with E-state index in [1.54, 1.807) is 4.90 Å². The molecule has 5 rings (SSSR count). The molecule has 1 N–H and O–H groups in total. The fourth-order valence-corrected chi connectivity index (χ4v) is 4.68. The molecule has 1 atom stereocenters. The van der Waals surface area contributed by atoms with Gasteiger partial charge in [-0.25, -0.2) is 4.79 Å². The largest absolute Gasteiger partial charge is 0.454 e. The Kier molecular flexibility index (Phi) is 6.33. The van der Waals surface area contributed by atoms with E-state index in [0.29, 0.717) is 30.2 Å². The molecule has 8 nitrogen and oxygen atoms in total. The Balaban J connectivity index is 1.37. The number of nitrogens with one attached hydrogen (secondary N) is 1. The highest BCUT2D eigenvalue weighted by atomic mass is 16.7. The molecule has 1 saturated heterocycles. The summed E-state index contributed by atoms with van der Waals surface area (Å²) in [6, 6.07) is 23.6. The Morgan fingerprint density at radius 3 is 2.36 bits per heavy atom. The van der Waals surface area contributed by atoms with Crippen LogP contribution >= 0.6 is 0 Å². The van der Waals surface area contributed by atoms with Crippen molar-refractivity contribution in [1.29, 1.82) is 0 Å². The van der Waals surface area contributed by atoms with Crippen molar-refractivity contribution in [2.45, 2.75) is 25.4 Å². The van der Waals surface area contributed by atoms with Gasteiger partial charge in [0, 0.05) is 19.5 Å². The molecule has 2 aliphatic rings. The van der Waals surface area contributed by atoms with Gasteiger partial charge in [0.25, 0.3) is 5.91 Å². The van der Waals surface area contributed by atoms with E-state index >= 15 is 0 Å². The number of urea groups is 1. The second-order valence-electron chi connectivity index (χ2n) is 8.85. The minimum Gasteiger partial charge on any atom is -0.454 e. The third-order valence-corrected chi connectivity index (χ3v) is 6.59. The molecule has 3 aromatic rings. The zero-order chi connectivity index (χ0) is 25.1. The van der Waals surface area contributed by atoms with Crippen LogP contribution in [0.4, 0.5) is 4.79 Å². The first-order valence-corrected chi connectivity index (χ1v) is 11.9. The maximum atomic E-state index is 13.8. The van der Waals surface area contributed by atoms with Gasteiger partial charge >= 0.3 is 6.03 Å². The Morgan fingerprint density at radius 1 is 0.944 bits per heavy atom. The minimum atomic E-state index is -1.28. The molecular formula is C28H27N3O5. The van der Waals surface area contributed by atoms with Gasteiger partial charge in [0.1, 0.15) is 6.54 Å². The van der Waals surface area contributed by atoms with E-state index in [1.807, 2.05) is 85.8 Å². The Bertz CT molecular complexity index is 1280. The van der Waals surface area contributed by atoms with Gasteiger partial charge in [-0.3, -0.25) is 14.5 Å². The van der Waals surface area contributed by atoms with Gasteiger partial charge in [0.05, 0.1) is 0 Å². The second-order valence-corrected chi connectivity index (χ2v) is 8.85. The summed E-state index contributed by atoms with van der Waals surface area (Å²) in [5.74, 6) is 0.555. The highest BCUT2D eigenvalue weighted by Crippen LogP contribution is 2.34. The predicted molar refractivity (Wildman–Crippen MR) is 132 cm³/mol. The van der Waals surface area contributed by atoms with Gasteiger partial charge in [0.2, 0.25) is 12.7 Å². The summed E-state index contributed by atoms with van der Waals surface area (Å²) in [5.41, 5.74) is 1.17. The summed E-state index contributed by atoms with van der Waals surface area (Å²) in [7, 11) is 0. The van der Waals surface area contributed by atoms with Crippen LogP contribution in [0.25, 0.3) is 0 Å². The molecular weight excluding hydrogens is 458 g/mol. The average molecular weight is 486 g/mol. The standard InChI is InChI=1S/C28H27N3O5/c1-2-30(17-21-13-14-23-24(15-21)36-19-35-23)25(32)18-31-26(33)28(29-27(31)34,22-11-7-4-8-12-22)16-20-9-5-3-6-10-20/h3-15H,2,16-19H2,1H3,(H,29,34). The van der Waals surface area contributed by atoms with Crippen molar-refractivity contribution >= 4 is 17.8 Å². The van der Waals surface area contributed by atoms with Gasteiger partial charge in [-0.2, -0.15) is 0 Å². The smallest absolute Gasteiger partial charge is 0.325 e. The lowest BCUT2D eigenvalue weighted by Crippen LogP contribution is -2.47. The summed E-state index contributed by atoms with van der Waals surface area (Å²) < 4.78 is 10.8. The van der Waals surface area contributed by atoms with Crippen LogP contribution in [-0.4, -0.2) is 47.5 Å². The number of fused-ring (bicyclic) bond motifs is 1. The maximum absolute atomic E-state index is 13.8. The number of ether oxygens (including phenoxy) is 2. The molecule has 0 radical (unpaired) electrons. The molecule has 8 heteroatoms. The molecule has 36 heavy (non-hydrogen) atoms. The highest BCUT2D eigenvalue weighted by molar-refractivity contribution is 6.09.